The number of rotatable bonds is 20. The molecule has 0 heterocycles. The normalized spacial score (nSPS) is 10.9. The summed E-state index contributed by atoms with van der Waals surface area (Å²) in [5, 5.41) is 31.9. The summed E-state index contributed by atoms with van der Waals surface area (Å²) < 4.78 is 112. The van der Waals surface area contributed by atoms with Gasteiger partial charge in [-0.3, -0.25) is 44.7 Å². The molecule has 0 radical (unpaired) electrons. The van der Waals surface area contributed by atoms with Gasteiger partial charge in [-0.2, -0.15) is 35.1 Å². The first-order valence-electron chi connectivity index (χ1n) is 19.3. The lowest BCUT2D eigenvalue weighted by atomic mass is 9.74. The fourth-order valence-electron chi connectivity index (χ4n) is 5.15. The summed E-state index contributed by atoms with van der Waals surface area (Å²) in [5.74, 6) is -2.85. The quantitative estimate of drug-likeness (QED) is 0.0258. The summed E-state index contributed by atoms with van der Waals surface area (Å²) in [6.07, 6.45) is -6.00. The Hall–Kier alpha value is -6.11. The van der Waals surface area contributed by atoms with Gasteiger partial charge >= 0.3 is 22.7 Å². The van der Waals surface area contributed by atoms with Gasteiger partial charge in [0.15, 0.2) is 0 Å². The zero-order valence-electron chi connectivity index (χ0n) is 35.6. The number of nitrogens with zero attached hydrogens (tertiary/aromatic N) is 3. The molecule has 0 aliphatic carbocycles. The number of allylic oxidation sites excluding steroid dienone is 3. The van der Waals surface area contributed by atoms with Crippen LogP contribution in [0.2, 0.25) is 0 Å². The van der Waals surface area contributed by atoms with Crippen LogP contribution < -0.4 is 0 Å². The molecular formula is C42H43Br2F8N3O12. The van der Waals surface area contributed by atoms with Crippen LogP contribution >= 0.6 is 31.9 Å². The minimum Gasteiger partial charge on any atom is -0.466 e. The number of nitro groups is 3. The summed E-state index contributed by atoms with van der Waals surface area (Å²) in [7, 11) is 0. The number of carbonyl (C=O) groups is 3. The number of esters is 3. The average molecular weight is 1090 g/mol. The van der Waals surface area contributed by atoms with Crippen molar-refractivity contribution in [2.45, 2.75) is 69.0 Å². The minimum atomic E-state index is -2.68. The Morgan fingerprint density at radius 2 is 1.04 bits per heavy atom. The maximum atomic E-state index is 12.6. The highest BCUT2D eigenvalue weighted by molar-refractivity contribution is 9.10. The second kappa shape index (κ2) is 31.7. The number of ether oxygens (including phenoxy) is 3. The van der Waals surface area contributed by atoms with Crippen molar-refractivity contribution >= 4 is 66.8 Å². The second-order valence-electron chi connectivity index (χ2n) is 12.8. The summed E-state index contributed by atoms with van der Waals surface area (Å²) >= 11 is 5.05. The van der Waals surface area contributed by atoms with E-state index in [1.807, 2.05) is 0 Å². The second-order valence-corrected chi connectivity index (χ2v) is 14.8. The molecule has 3 rings (SSSR count). The molecule has 3 aromatic carbocycles. The summed E-state index contributed by atoms with van der Waals surface area (Å²) in [6, 6.07) is 15.5. The molecule has 0 amide bonds. The molecule has 15 nitrogen and oxygen atoms in total. The van der Waals surface area contributed by atoms with Gasteiger partial charge < -0.3 is 14.2 Å². The number of carbonyl (C=O) groups excluding carboxylic acids is 3. The maximum Gasteiger partial charge on any atom is 0.317 e. The van der Waals surface area contributed by atoms with E-state index in [0.29, 0.717) is 41.3 Å². The summed E-state index contributed by atoms with van der Waals surface area (Å²) in [6.45, 7) is 5.20. The molecule has 1 unspecified atom stereocenters. The molecule has 0 aliphatic rings. The van der Waals surface area contributed by atoms with E-state index in [2.05, 4.69) is 31.9 Å². The Kier molecular flexibility index (Phi) is 28.8. The molecule has 25 heteroatoms. The molecule has 3 aromatic rings. The lowest BCUT2D eigenvalue weighted by Gasteiger charge is -2.29. The van der Waals surface area contributed by atoms with Gasteiger partial charge in [0.2, 0.25) is 0 Å². The lowest BCUT2D eigenvalue weighted by molar-refractivity contribution is -0.385. The van der Waals surface area contributed by atoms with E-state index >= 15 is 0 Å². The van der Waals surface area contributed by atoms with Crippen molar-refractivity contribution in [3.05, 3.63) is 156 Å². The third-order valence-electron chi connectivity index (χ3n) is 8.27. The highest BCUT2D eigenvalue weighted by atomic mass is 79.9. The van der Waals surface area contributed by atoms with Crippen LogP contribution in [0.5, 0.6) is 0 Å². The fraction of sp³-hybridized carbons (Fsp3) is 0.357. The van der Waals surface area contributed by atoms with Crippen molar-refractivity contribution in [2.75, 3.05) is 25.2 Å². The van der Waals surface area contributed by atoms with E-state index in [0.717, 1.165) is 12.1 Å². The predicted molar refractivity (Wildman–Crippen MR) is 234 cm³/mol. The molecule has 1 atom stereocenters. The lowest BCUT2D eigenvalue weighted by Crippen LogP contribution is -2.37. The van der Waals surface area contributed by atoms with E-state index in [9.17, 15) is 79.8 Å². The summed E-state index contributed by atoms with van der Waals surface area (Å²) in [5.41, 5.74) is -1.10. The molecular weight excluding hydrogens is 1050 g/mol. The first-order valence-corrected chi connectivity index (χ1v) is 21.2. The van der Waals surface area contributed by atoms with Crippen molar-refractivity contribution in [2.24, 2.45) is 0 Å². The van der Waals surface area contributed by atoms with Crippen LogP contribution in [0.15, 0.2) is 109 Å². The van der Waals surface area contributed by atoms with Crippen LogP contribution in [0.3, 0.4) is 0 Å². The largest absolute Gasteiger partial charge is 0.466 e. The number of non-ortho nitro benzene ring substituents is 3. The molecule has 0 saturated carbocycles. The van der Waals surface area contributed by atoms with Crippen molar-refractivity contribution in [1.29, 1.82) is 0 Å². The van der Waals surface area contributed by atoms with E-state index in [-0.39, 0.29) is 61.1 Å². The van der Waals surface area contributed by atoms with Crippen LogP contribution in [0, 0.1) is 30.3 Å². The molecule has 0 aromatic heterocycles. The molecule has 0 N–H and O–H groups in total. The Morgan fingerprint density at radius 1 is 0.642 bits per heavy atom. The number of benzene rings is 3. The molecule has 0 aliphatic heterocycles. The highest BCUT2D eigenvalue weighted by Gasteiger charge is 2.41. The third kappa shape index (κ3) is 24.8. The molecule has 0 fully saturated rings. The molecule has 0 saturated heterocycles. The smallest absolute Gasteiger partial charge is 0.317 e. The van der Waals surface area contributed by atoms with Gasteiger partial charge in [-0.05, 0) is 90.9 Å². The van der Waals surface area contributed by atoms with Gasteiger partial charge in [-0.25, -0.2) is 0 Å². The molecule has 368 valence electrons. The molecule has 67 heavy (non-hydrogen) atoms. The van der Waals surface area contributed by atoms with E-state index in [1.54, 1.807) is 26.0 Å². The number of nitro benzene ring substituents is 3. The molecule has 0 bridgehead atoms. The summed E-state index contributed by atoms with van der Waals surface area (Å²) in [4.78, 5) is 62.4. The first-order chi connectivity index (χ1) is 31.4. The Labute approximate surface area is 394 Å². The zero-order valence-corrected chi connectivity index (χ0v) is 38.8. The predicted octanol–water partition coefficient (Wildman–Crippen LogP) is 12.6. The Balaban J connectivity index is 0.000000930. The fourth-order valence-corrected chi connectivity index (χ4v) is 6.37. The Bertz CT molecular complexity index is 2130. The third-order valence-corrected chi connectivity index (χ3v) is 9.06. The van der Waals surface area contributed by atoms with Crippen LogP contribution in [0.4, 0.5) is 52.2 Å². The number of halogens is 10. The van der Waals surface area contributed by atoms with Gasteiger partial charge in [0.05, 0.1) is 46.9 Å². The highest BCUT2D eigenvalue weighted by Crippen LogP contribution is 2.37. The van der Waals surface area contributed by atoms with Crippen LogP contribution in [0.1, 0.15) is 69.1 Å². The van der Waals surface area contributed by atoms with Crippen molar-refractivity contribution in [3.8, 4) is 0 Å². The standard InChI is InChI=1S/C16H15F4NO4.C13H13F2NO4.C10H11NO4.C3H4Br2F2/c1-2-25-15(22)16(9-7-13(17)18,10-8-14(19)20)11-3-5-12(6-4-11)21(23)24;1-2-20-13(17)11(7-8-12(14)15)9-3-5-10(6-4-9)16(18)19;1-2-15-10(12)7-8-3-5-9(6-4-8)11(13)14;4-2-1-3(5,6)7/h3-8H,2,9-10H2,1H3;3-6,8,11H,2,7H2,1H3;3-6H,2,7H2,1H3;1-2H2. The minimum absolute atomic E-state index is 0.0163. The van der Waals surface area contributed by atoms with Gasteiger partial charge in [-0.15, -0.1) is 0 Å². The van der Waals surface area contributed by atoms with Gasteiger partial charge in [0.1, 0.15) is 5.41 Å². The van der Waals surface area contributed by atoms with Crippen LogP contribution in [-0.4, -0.2) is 62.7 Å². The zero-order chi connectivity index (χ0) is 51.3. The van der Waals surface area contributed by atoms with Crippen LogP contribution in [-0.2, 0) is 40.4 Å². The number of hydrogen-bond donors (Lipinski definition) is 0. The monoisotopic (exact) mass is 1090 g/mol. The average Bonchev–Trinajstić information content (AvgIpc) is 3.24. The van der Waals surface area contributed by atoms with Gasteiger partial charge in [-0.1, -0.05) is 52.3 Å². The van der Waals surface area contributed by atoms with E-state index < -0.39 is 74.0 Å². The van der Waals surface area contributed by atoms with E-state index in [4.69, 9.17) is 14.2 Å². The number of alkyl halides is 4. The Morgan fingerprint density at radius 3 is 1.39 bits per heavy atom. The van der Waals surface area contributed by atoms with Crippen molar-refractivity contribution in [1.82, 2.24) is 0 Å². The van der Waals surface area contributed by atoms with Gasteiger partial charge in [0, 0.05) is 48.1 Å². The van der Waals surface area contributed by atoms with Crippen molar-refractivity contribution in [3.63, 3.8) is 0 Å². The number of hydrogen-bond acceptors (Lipinski definition) is 12. The van der Waals surface area contributed by atoms with E-state index in [1.165, 1.54) is 55.5 Å². The van der Waals surface area contributed by atoms with Gasteiger partial charge in [0.25, 0.3) is 35.3 Å². The van der Waals surface area contributed by atoms with Crippen LogP contribution in [0.25, 0.3) is 0 Å². The SMILES string of the molecule is CCOC(=O)C(CC=C(F)F)(CC=C(F)F)c1ccc([N+](=O)[O-])cc1.CCOC(=O)C(CC=C(F)F)c1ccc([N+](=O)[O-])cc1.CCOC(=O)Cc1ccc([N+](=O)[O-])cc1.FC(F)(Br)CCBr. The van der Waals surface area contributed by atoms with Crippen molar-refractivity contribution < 1.29 is 78.5 Å². The first kappa shape index (κ1) is 60.9. The topological polar surface area (TPSA) is 208 Å². The molecule has 0 spiro atoms. The maximum absolute atomic E-state index is 12.6.